The van der Waals surface area contributed by atoms with Crippen LogP contribution in [0.5, 0.6) is 0 Å². The van der Waals surface area contributed by atoms with E-state index in [9.17, 15) is 15.2 Å². The normalized spacial score (nSPS) is 28.2. The molecule has 1 aliphatic heterocycles. The van der Waals surface area contributed by atoms with Gasteiger partial charge < -0.3 is 10.0 Å². The van der Waals surface area contributed by atoms with Gasteiger partial charge in [-0.2, -0.15) is 5.26 Å². The van der Waals surface area contributed by atoms with Crippen LogP contribution in [0.4, 0.5) is 0 Å². The SMILES string of the molecule is N#CC1(C(=O)N2CCCC(O)C2)CCCCCC1. The lowest BCUT2D eigenvalue weighted by Gasteiger charge is -2.36. The average molecular weight is 250 g/mol. The Morgan fingerprint density at radius 2 is 1.89 bits per heavy atom. The summed E-state index contributed by atoms with van der Waals surface area (Å²) in [4.78, 5) is 14.3. The highest BCUT2D eigenvalue weighted by Gasteiger charge is 2.42. The van der Waals surface area contributed by atoms with Gasteiger partial charge in [-0.25, -0.2) is 0 Å². The fourth-order valence-electron chi connectivity index (χ4n) is 3.15. The fourth-order valence-corrected chi connectivity index (χ4v) is 3.15. The predicted octanol–water partition coefficient (Wildman–Crippen LogP) is 1.83. The number of carbonyl (C=O) groups excluding carboxylic acids is 1. The largest absolute Gasteiger partial charge is 0.391 e. The van der Waals surface area contributed by atoms with E-state index < -0.39 is 11.5 Å². The van der Waals surface area contributed by atoms with Crippen molar-refractivity contribution in [3.63, 3.8) is 0 Å². The Kier molecular flexibility index (Phi) is 4.23. The molecule has 2 rings (SSSR count). The summed E-state index contributed by atoms with van der Waals surface area (Å²) in [7, 11) is 0. The van der Waals surface area contributed by atoms with Crippen molar-refractivity contribution < 1.29 is 9.90 Å². The molecule has 2 fully saturated rings. The van der Waals surface area contributed by atoms with E-state index in [2.05, 4.69) is 6.07 Å². The minimum atomic E-state index is -0.812. The molecule has 4 heteroatoms. The number of likely N-dealkylation sites (tertiary alicyclic amines) is 1. The molecule has 2 aliphatic rings. The van der Waals surface area contributed by atoms with E-state index in [1.807, 2.05) is 0 Å². The molecule has 1 aliphatic carbocycles. The molecule has 1 N–H and O–H groups in total. The van der Waals surface area contributed by atoms with E-state index in [0.29, 0.717) is 25.9 Å². The minimum absolute atomic E-state index is 0.0364. The van der Waals surface area contributed by atoms with Crippen molar-refractivity contribution in [2.75, 3.05) is 13.1 Å². The van der Waals surface area contributed by atoms with Crippen molar-refractivity contribution in [2.24, 2.45) is 5.41 Å². The Hall–Kier alpha value is -1.08. The molecule has 1 amide bonds. The molecule has 4 nitrogen and oxygen atoms in total. The zero-order valence-electron chi connectivity index (χ0n) is 10.9. The fraction of sp³-hybridized carbons (Fsp3) is 0.857. The van der Waals surface area contributed by atoms with Gasteiger partial charge in [-0.3, -0.25) is 4.79 Å². The summed E-state index contributed by atoms with van der Waals surface area (Å²) in [5, 5.41) is 19.1. The Labute approximate surface area is 109 Å². The summed E-state index contributed by atoms with van der Waals surface area (Å²) in [6.07, 6.45) is 6.76. The van der Waals surface area contributed by atoms with Gasteiger partial charge >= 0.3 is 0 Å². The minimum Gasteiger partial charge on any atom is -0.391 e. The van der Waals surface area contributed by atoms with E-state index in [4.69, 9.17) is 0 Å². The topological polar surface area (TPSA) is 64.3 Å². The van der Waals surface area contributed by atoms with Crippen LogP contribution in [0.15, 0.2) is 0 Å². The van der Waals surface area contributed by atoms with Gasteiger partial charge in [0.2, 0.25) is 5.91 Å². The lowest BCUT2D eigenvalue weighted by atomic mass is 9.80. The van der Waals surface area contributed by atoms with Gasteiger partial charge in [-0.05, 0) is 25.7 Å². The first-order valence-corrected chi connectivity index (χ1v) is 7.07. The lowest BCUT2D eigenvalue weighted by Crippen LogP contribution is -2.49. The van der Waals surface area contributed by atoms with E-state index in [0.717, 1.165) is 38.5 Å². The van der Waals surface area contributed by atoms with Gasteiger partial charge in [0, 0.05) is 13.1 Å². The second-order valence-electron chi connectivity index (χ2n) is 5.66. The van der Waals surface area contributed by atoms with Crippen LogP contribution in [0.25, 0.3) is 0 Å². The molecule has 100 valence electrons. The number of aliphatic hydroxyl groups is 1. The molecule has 0 spiro atoms. The van der Waals surface area contributed by atoms with Crippen LogP contribution in [-0.4, -0.2) is 35.1 Å². The monoisotopic (exact) mass is 250 g/mol. The molecule has 0 bridgehead atoms. The van der Waals surface area contributed by atoms with Crippen LogP contribution >= 0.6 is 0 Å². The maximum absolute atomic E-state index is 12.6. The third-order valence-corrected chi connectivity index (χ3v) is 4.26. The molecular weight excluding hydrogens is 228 g/mol. The maximum atomic E-state index is 12.6. The number of nitriles is 1. The first-order valence-electron chi connectivity index (χ1n) is 7.07. The summed E-state index contributed by atoms with van der Waals surface area (Å²) in [5.74, 6) is -0.0364. The average Bonchev–Trinajstić information content (AvgIpc) is 2.64. The maximum Gasteiger partial charge on any atom is 0.243 e. The van der Waals surface area contributed by atoms with Crippen molar-refractivity contribution in [1.29, 1.82) is 5.26 Å². The predicted molar refractivity (Wildman–Crippen MR) is 67.6 cm³/mol. The molecule has 0 aromatic rings. The van der Waals surface area contributed by atoms with Crippen LogP contribution in [0.3, 0.4) is 0 Å². The van der Waals surface area contributed by atoms with Crippen molar-refractivity contribution in [1.82, 2.24) is 4.90 Å². The summed E-state index contributed by atoms with van der Waals surface area (Å²) in [5.41, 5.74) is -0.812. The third-order valence-electron chi connectivity index (χ3n) is 4.26. The first-order chi connectivity index (χ1) is 8.68. The number of rotatable bonds is 1. The van der Waals surface area contributed by atoms with E-state index in [1.165, 1.54) is 0 Å². The molecule has 1 saturated carbocycles. The molecule has 0 aromatic heterocycles. The molecule has 1 heterocycles. The number of hydrogen-bond acceptors (Lipinski definition) is 3. The third kappa shape index (κ3) is 2.67. The number of nitrogens with zero attached hydrogens (tertiary/aromatic N) is 2. The smallest absolute Gasteiger partial charge is 0.243 e. The molecule has 1 unspecified atom stereocenters. The quantitative estimate of drug-likeness (QED) is 0.722. The number of β-amino-alcohol motifs (C(OH)–C–C–N with tert-alkyl or cyclic N) is 1. The Morgan fingerprint density at radius 1 is 1.22 bits per heavy atom. The summed E-state index contributed by atoms with van der Waals surface area (Å²) in [6.45, 7) is 1.10. The van der Waals surface area contributed by atoms with Crippen molar-refractivity contribution in [3.05, 3.63) is 0 Å². The van der Waals surface area contributed by atoms with Gasteiger partial charge in [-0.15, -0.1) is 0 Å². The summed E-state index contributed by atoms with van der Waals surface area (Å²) >= 11 is 0. The molecule has 1 saturated heterocycles. The first kappa shape index (κ1) is 13.4. The second kappa shape index (κ2) is 5.71. The second-order valence-corrected chi connectivity index (χ2v) is 5.66. The highest BCUT2D eigenvalue weighted by atomic mass is 16.3. The molecule has 18 heavy (non-hydrogen) atoms. The van der Waals surface area contributed by atoms with Crippen LogP contribution < -0.4 is 0 Å². The number of amides is 1. The van der Waals surface area contributed by atoms with E-state index in [-0.39, 0.29) is 5.91 Å². The number of aliphatic hydroxyl groups excluding tert-OH is 1. The molecule has 0 aromatic carbocycles. The molecular formula is C14H22N2O2. The molecule has 0 radical (unpaired) electrons. The Balaban J connectivity index is 2.11. The highest BCUT2D eigenvalue weighted by Crippen LogP contribution is 2.36. The van der Waals surface area contributed by atoms with Gasteiger partial charge in [0.05, 0.1) is 12.2 Å². The van der Waals surface area contributed by atoms with Crippen LogP contribution in [0.2, 0.25) is 0 Å². The van der Waals surface area contributed by atoms with Crippen molar-refractivity contribution in [2.45, 2.75) is 57.5 Å². The van der Waals surface area contributed by atoms with Gasteiger partial charge in [0.1, 0.15) is 5.41 Å². The van der Waals surface area contributed by atoms with Crippen LogP contribution in [0, 0.1) is 16.7 Å². The van der Waals surface area contributed by atoms with E-state index >= 15 is 0 Å². The van der Waals surface area contributed by atoms with Crippen molar-refractivity contribution in [3.8, 4) is 6.07 Å². The standard InChI is InChI=1S/C14H22N2O2/c15-11-14(7-3-1-2-4-8-14)13(18)16-9-5-6-12(17)10-16/h12,17H,1-10H2. The van der Waals surface area contributed by atoms with Gasteiger partial charge in [0.15, 0.2) is 0 Å². The van der Waals surface area contributed by atoms with Crippen molar-refractivity contribution >= 4 is 5.91 Å². The summed E-state index contributed by atoms with van der Waals surface area (Å²) in [6, 6.07) is 2.30. The van der Waals surface area contributed by atoms with E-state index in [1.54, 1.807) is 4.90 Å². The van der Waals surface area contributed by atoms with Crippen LogP contribution in [0.1, 0.15) is 51.4 Å². The lowest BCUT2D eigenvalue weighted by molar-refractivity contribution is -0.142. The highest BCUT2D eigenvalue weighted by molar-refractivity contribution is 5.85. The number of carbonyl (C=O) groups is 1. The zero-order chi connectivity index (χ0) is 13.0. The summed E-state index contributed by atoms with van der Waals surface area (Å²) < 4.78 is 0. The number of hydrogen-bond donors (Lipinski definition) is 1. The van der Waals surface area contributed by atoms with Gasteiger partial charge in [0.25, 0.3) is 0 Å². The molecule has 1 atom stereocenters. The Bertz CT molecular complexity index is 340. The van der Waals surface area contributed by atoms with Gasteiger partial charge in [-0.1, -0.05) is 25.7 Å². The zero-order valence-corrected chi connectivity index (χ0v) is 10.9. The number of piperidine rings is 1. The Morgan fingerprint density at radius 3 is 2.44 bits per heavy atom. The van der Waals surface area contributed by atoms with Crippen LogP contribution in [-0.2, 0) is 4.79 Å².